The number of amides is 1. The molecule has 1 aromatic rings. The number of carbonyl (C=O) groups is 1. The van der Waals surface area contributed by atoms with E-state index < -0.39 is 24.4 Å². The molecule has 0 spiro atoms. The molecule has 0 N–H and O–H groups in total. The van der Waals surface area contributed by atoms with Gasteiger partial charge in [0.15, 0.2) is 0 Å². The number of ether oxygens (including phenoxy) is 1. The summed E-state index contributed by atoms with van der Waals surface area (Å²) in [6, 6.07) is 8.49. The van der Waals surface area contributed by atoms with E-state index in [1.807, 2.05) is 0 Å². The zero-order valence-corrected chi connectivity index (χ0v) is 11.7. The van der Waals surface area contributed by atoms with E-state index in [9.17, 15) is 18.0 Å². The van der Waals surface area contributed by atoms with Crippen molar-refractivity contribution < 1.29 is 22.7 Å². The second kappa shape index (κ2) is 6.15. The summed E-state index contributed by atoms with van der Waals surface area (Å²) >= 11 is 0. The molecule has 3 nitrogen and oxygen atoms in total. The third-order valence-electron chi connectivity index (χ3n) is 2.24. The first-order chi connectivity index (χ1) is 9.07. The Kier molecular flexibility index (Phi) is 5.03. The number of carbonyl (C=O) groups excluding carboxylic acids is 1. The lowest BCUT2D eigenvalue weighted by Crippen LogP contribution is -2.41. The largest absolute Gasteiger partial charge is 0.444 e. The van der Waals surface area contributed by atoms with Crippen molar-refractivity contribution in [1.29, 1.82) is 0 Å². The van der Waals surface area contributed by atoms with Gasteiger partial charge in [-0.2, -0.15) is 13.2 Å². The Morgan fingerprint density at radius 2 is 1.70 bits per heavy atom. The summed E-state index contributed by atoms with van der Waals surface area (Å²) in [7, 11) is 0. The molecule has 0 aliphatic carbocycles. The maximum atomic E-state index is 12.6. The van der Waals surface area contributed by atoms with Gasteiger partial charge in [0, 0.05) is 6.54 Å². The first kappa shape index (κ1) is 16.3. The van der Waals surface area contributed by atoms with Crippen LogP contribution in [0.3, 0.4) is 0 Å². The van der Waals surface area contributed by atoms with E-state index in [1.54, 1.807) is 51.1 Å². The summed E-state index contributed by atoms with van der Waals surface area (Å²) < 4.78 is 42.7. The van der Waals surface area contributed by atoms with Crippen molar-refractivity contribution in [3.63, 3.8) is 0 Å². The monoisotopic (exact) mass is 289 g/mol. The lowest BCUT2D eigenvalue weighted by Gasteiger charge is -2.28. The van der Waals surface area contributed by atoms with E-state index >= 15 is 0 Å². The van der Waals surface area contributed by atoms with E-state index in [-0.39, 0.29) is 6.54 Å². The van der Waals surface area contributed by atoms with Gasteiger partial charge in [-0.15, -0.1) is 0 Å². The van der Waals surface area contributed by atoms with Crippen molar-refractivity contribution in [2.75, 3.05) is 6.54 Å². The number of benzene rings is 1. The third kappa shape index (κ3) is 6.45. The summed E-state index contributed by atoms with van der Waals surface area (Å²) in [4.78, 5) is 12.5. The highest BCUT2D eigenvalue weighted by Gasteiger charge is 2.34. The topological polar surface area (TPSA) is 29.5 Å². The smallest absolute Gasteiger partial charge is 0.410 e. The molecule has 20 heavy (non-hydrogen) atoms. The van der Waals surface area contributed by atoms with Crippen LogP contribution in [0.25, 0.3) is 0 Å². The Hall–Kier alpha value is -1.72. The molecule has 6 heteroatoms. The minimum atomic E-state index is -4.47. The lowest BCUT2D eigenvalue weighted by molar-refractivity contribution is -0.145. The van der Waals surface area contributed by atoms with Crippen molar-refractivity contribution >= 4 is 6.09 Å². The Morgan fingerprint density at radius 1 is 1.15 bits per heavy atom. The molecule has 0 unspecified atom stereocenters. The zero-order valence-electron chi connectivity index (χ0n) is 11.7. The van der Waals surface area contributed by atoms with Crippen LogP contribution >= 0.6 is 0 Å². The van der Waals surface area contributed by atoms with Crippen LogP contribution < -0.4 is 0 Å². The maximum absolute atomic E-state index is 12.6. The molecule has 1 rings (SSSR count). The average molecular weight is 289 g/mol. The van der Waals surface area contributed by atoms with Crippen molar-refractivity contribution in [1.82, 2.24) is 4.90 Å². The molecule has 0 aromatic heterocycles. The fraction of sp³-hybridized carbons (Fsp3) is 0.500. The molecule has 0 aliphatic heterocycles. The predicted molar refractivity (Wildman–Crippen MR) is 69.1 cm³/mol. The van der Waals surface area contributed by atoms with Crippen molar-refractivity contribution in [2.24, 2.45) is 0 Å². The molecular formula is C14H18F3NO2. The Morgan fingerprint density at radius 3 is 2.15 bits per heavy atom. The van der Waals surface area contributed by atoms with Crippen molar-refractivity contribution in [3.05, 3.63) is 35.9 Å². The van der Waals surface area contributed by atoms with Crippen LogP contribution in [-0.4, -0.2) is 29.3 Å². The lowest BCUT2D eigenvalue weighted by atomic mass is 10.2. The van der Waals surface area contributed by atoms with Gasteiger partial charge < -0.3 is 4.74 Å². The first-order valence-corrected chi connectivity index (χ1v) is 6.15. The summed E-state index contributed by atoms with van der Waals surface area (Å²) in [5, 5.41) is 0. The van der Waals surface area contributed by atoms with Gasteiger partial charge in [-0.25, -0.2) is 4.79 Å². The van der Waals surface area contributed by atoms with Crippen LogP contribution in [0.5, 0.6) is 0 Å². The van der Waals surface area contributed by atoms with Gasteiger partial charge in [0.2, 0.25) is 0 Å². The van der Waals surface area contributed by atoms with Crippen LogP contribution in [0.2, 0.25) is 0 Å². The Balaban J connectivity index is 2.83. The van der Waals surface area contributed by atoms with Crippen LogP contribution in [0.1, 0.15) is 26.3 Å². The fourth-order valence-corrected chi connectivity index (χ4v) is 1.53. The number of hydrogen-bond donors (Lipinski definition) is 0. The van der Waals surface area contributed by atoms with Crippen LogP contribution in [-0.2, 0) is 11.3 Å². The highest BCUT2D eigenvalue weighted by Crippen LogP contribution is 2.20. The molecular weight excluding hydrogens is 271 g/mol. The first-order valence-electron chi connectivity index (χ1n) is 6.15. The Labute approximate surface area is 116 Å². The molecule has 0 bridgehead atoms. The van der Waals surface area contributed by atoms with Gasteiger partial charge in [0.05, 0.1) is 0 Å². The second-order valence-corrected chi connectivity index (χ2v) is 5.44. The van der Waals surface area contributed by atoms with Gasteiger partial charge in [0.25, 0.3) is 0 Å². The number of hydrogen-bond acceptors (Lipinski definition) is 2. The average Bonchev–Trinajstić information content (AvgIpc) is 2.25. The minimum Gasteiger partial charge on any atom is -0.444 e. The number of alkyl halides is 3. The molecule has 0 saturated carbocycles. The van der Waals surface area contributed by atoms with E-state index in [2.05, 4.69) is 0 Å². The molecule has 112 valence electrons. The SMILES string of the molecule is CC(C)(C)OC(=O)N(Cc1ccccc1)CC(F)(F)F. The van der Waals surface area contributed by atoms with E-state index in [0.29, 0.717) is 10.5 Å². The molecule has 0 radical (unpaired) electrons. The molecule has 0 atom stereocenters. The Bertz CT molecular complexity index is 438. The van der Waals surface area contributed by atoms with E-state index in [4.69, 9.17) is 4.74 Å². The number of rotatable bonds is 3. The summed E-state index contributed by atoms with van der Waals surface area (Å²) in [6.45, 7) is 3.35. The van der Waals surface area contributed by atoms with Crippen LogP contribution in [0.15, 0.2) is 30.3 Å². The van der Waals surface area contributed by atoms with Crippen molar-refractivity contribution in [3.8, 4) is 0 Å². The van der Waals surface area contributed by atoms with E-state index in [0.717, 1.165) is 0 Å². The maximum Gasteiger partial charge on any atom is 0.410 e. The second-order valence-electron chi connectivity index (χ2n) is 5.44. The highest BCUT2D eigenvalue weighted by molar-refractivity contribution is 5.68. The van der Waals surface area contributed by atoms with Gasteiger partial charge in [-0.3, -0.25) is 4.90 Å². The zero-order chi connectivity index (χ0) is 15.4. The summed E-state index contributed by atoms with van der Waals surface area (Å²) in [5.74, 6) is 0. The molecule has 0 heterocycles. The van der Waals surface area contributed by atoms with E-state index in [1.165, 1.54) is 0 Å². The standard InChI is InChI=1S/C14H18F3NO2/c1-13(2,3)20-12(19)18(10-14(15,16)17)9-11-7-5-4-6-8-11/h4-8H,9-10H2,1-3H3. The molecule has 0 aliphatic rings. The fourth-order valence-electron chi connectivity index (χ4n) is 1.53. The van der Waals surface area contributed by atoms with Gasteiger partial charge in [0.1, 0.15) is 12.1 Å². The van der Waals surface area contributed by atoms with Gasteiger partial charge >= 0.3 is 12.3 Å². The normalized spacial score (nSPS) is 12.1. The number of halogens is 3. The molecule has 0 saturated heterocycles. The molecule has 1 aromatic carbocycles. The quantitative estimate of drug-likeness (QED) is 0.842. The van der Waals surface area contributed by atoms with Crippen LogP contribution in [0.4, 0.5) is 18.0 Å². The minimum absolute atomic E-state index is 0.144. The van der Waals surface area contributed by atoms with Crippen molar-refractivity contribution in [2.45, 2.75) is 39.1 Å². The van der Waals surface area contributed by atoms with Crippen LogP contribution in [0, 0.1) is 0 Å². The molecule has 1 amide bonds. The highest BCUT2D eigenvalue weighted by atomic mass is 19.4. The molecule has 0 fully saturated rings. The third-order valence-corrected chi connectivity index (χ3v) is 2.24. The summed E-state index contributed by atoms with van der Waals surface area (Å²) in [5.41, 5.74) is -0.222. The summed E-state index contributed by atoms with van der Waals surface area (Å²) in [6.07, 6.45) is -5.44. The number of nitrogens with zero attached hydrogens (tertiary/aromatic N) is 1. The van der Waals surface area contributed by atoms with Gasteiger partial charge in [-0.05, 0) is 26.3 Å². The van der Waals surface area contributed by atoms with Gasteiger partial charge in [-0.1, -0.05) is 30.3 Å². The predicted octanol–water partition coefficient (Wildman–Crippen LogP) is 3.99.